The molecule has 6 heteroatoms. The normalized spacial score (nSPS) is 12.2. The summed E-state index contributed by atoms with van der Waals surface area (Å²) in [5, 5.41) is 9.96. The number of hydrogen-bond donors (Lipinski definition) is 2. The monoisotopic (exact) mass is 304 g/mol. The van der Waals surface area contributed by atoms with Crippen LogP contribution in [0.4, 0.5) is 4.39 Å². The topological polar surface area (TPSA) is 59.0 Å². The predicted molar refractivity (Wildman–Crippen MR) is 82.9 cm³/mol. The molecule has 1 unspecified atom stereocenters. The zero-order valence-corrected chi connectivity index (χ0v) is 13.1. The van der Waals surface area contributed by atoms with Crippen molar-refractivity contribution in [2.24, 2.45) is 7.05 Å². The maximum atomic E-state index is 13.1. The van der Waals surface area contributed by atoms with Crippen LogP contribution in [-0.2, 0) is 18.3 Å². The quantitative estimate of drug-likeness (QED) is 0.850. The smallest absolute Gasteiger partial charge is 0.241 e. The standard InChI is InChI=1S/C16H21FN4O/c1-11-8-14(17)5-4-12(11)6-7-19-16(22)15(18-2)13-9-20-21(3)10-13/h4-5,8-10,15,18H,6-7H2,1-3H3,(H,19,22). The second-order valence-electron chi connectivity index (χ2n) is 5.28. The number of aryl methyl sites for hydroxylation is 2. The Morgan fingerprint density at radius 3 is 2.82 bits per heavy atom. The van der Waals surface area contributed by atoms with Gasteiger partial charge in [0.1, 0.15) is 11.9 Å². The molecule has 1 aromatic heterocycles. The maximum Gasteiger partial charge on any atom is 0.241 e. The van der Waals surface area contributed by atoms with Crippen LogP contribution in [0.5, 0.6) is 0 Å². The van der Waals surface area contributed by atoms with Crippen LogP contribution in [0.3, 0.4) is 0 Å². The minimum absolute atomic E-state index is 0.102. The number of hydrogen-bond acceptors (Lipinski definition) is 3. The number of carbonyl (C=O) groups is 1. The van der Waals surface area contributed by atoms with Crippen molar-refractivity contribution in [3.05, 3.63) is 53.1 Å². The number of nitrogens with one attached hydrogen (secondary N) is 2. The summed E-state index contributed by atoms with van der Waals surface area (Å²) >= 11 is 0. The van der Waals surface area contributed by atoms with Crippen LogP contribution in [0.1, 0.15) is 22.7 Å². The van der Waals surface area contributed by atoms with Crippen LogP contribution in [0.25, 0.3) is 0 Å². The van der Waals surface area contributed by atoms with Gasteiger partial charge in [0.25, 0.3) is 0 Å². The number of amides is 1. The van der Waals surface area contributed by atoms with E-state index in [4.69, 9.17) is 0 Å². The molecule has 1 aromatic carbocycles. The van der Waals surface area contributed by atoms with Crippen LogP contribution >= 0.6 is 0 Å². The van der Waals surface area contributed by atoms with Gasteiger partial charge in [-0.1, -0.05) is 6.07 Å². The third kappa shape index (κ3) is 3.92. The average Bonchev–Trinajstić information content (AvgIpc) is 2.88. The van der Waals surface area contributed by atoms with Gasteiger partial charge in [-0.2, -0.15) is 5.10 Å². The van der Waals surface area contributed by atoms with Gasteiger partial charge in [-0.3, -0.25) is 9.48 Å². The van der Waals surface area contributed by atoms with Crippen molar-refractivity contribution < 1.29 is 9.18 Å². The van der Waals surface area contributed by atoms with Crippen molar-refractivity contribution in [2.75, 3.05) is 13.6 Å². The van der Waals surface area contributed by atoms with Crippen LogP contribution in [0.2, 0.25) is 0 Å². The van der Waals surface area contributed by atoms with Gasteiger partial charge < -0.3 is 10.6 Å². The first-order chi connectivity index (χ1) is 10.5. The first kappa shape index (κ1) is 16.2. The van der Waals surface area contributed by atoms with Gasteiger partial charge in [-0.25, -0.2) is 4.39 Å². The van der Waals surface area contributed by atoms with Crippen molar-refractivity contribution >= 4 is 5.91 Å². The highest BCUT2D eigenvalue weighted by Crippen LogP contribution is 2.12. The highest BCUT2D eigenvalue weighted by Gasteiger charge is 2.19. The Kier molecular flexibility index (Phi) is 5.27. The lowest BCUT2D eigenvalue weighted by Crippen LogP contribution is -2.36. The lowest BCUT2D eigenvalue weighted by Gasteiger charge is -2.15. The third-order valence-electron chi connectivity index (χ3n) is 3.61. The molecule has 5 nitrogen and oxygen atoms in total. The van der Waals surface area contributed by atoms with E-state index >= 15 is 0 Å². The molecule has 0 saturated heterocycles. The van der Waals surface area contributed by atoms with Gasteiger partial charge in [0.05, 0.1) is 6.20 Å². The molecule has 1 amide bonds. The van der Waals surface area contributed by atoms with Crippen LogP contribution in [0.15, 0.2) is 30.6 Å². The summed E-state index contributed by atoms with van der Waals surface area (Å²) in [4.78, 5) is 12.2. The van der Waals surface area contributed by atoms with Gasteiger partial charge >= 0.3 is 0 Å². The molecule has 0 aliphatic carbocycles. The molecule has 2 N–H and O–H groups in total. The Bertz CT molecular complexity index is 653. The molecule has 0 fully saturated rings. The molecule has 118 valence electrons. The fourth-order valence-electron chi connectivity index (χ4n) is 2.40. The largest absolute Gasteiger partial charge is 0.354 e. The number of benzene rings is 1. The summed E-state index contributed by atoms with van der Waals surface area (Å²) < 4.78 is 14.7. The first-order valence-corrected chi connectivity index (χ1v) is 7.20. The molecule has 22 heavy (non-hydrogen) atoms. The van der Waals surface area contributed by atoms with Crippen molar-refractivity contribution in [1.82, 2.24) is 20.4 Å². The van der Waals surface area contributed by atoms with Crippen LogP contribution < -0.4 is 10.6 Å². The van der Waals surface area contributed by atoms with E-state index in [1.807, 2.05) is 20.2 Å². The van der Waals surface area contributed by atoms with Gasteiger partial charge in [-0.05, 0) is 43.7 Å². The lowest BCUT2D eigenvalue weighted by molar-refractivity contribution is -0.123. The van der Waals surface area contributed by atoms with Crippen molar-refractivity contribution in [1.29, 1.82) is 0 Å². The molecule has 0 bridgehead atoms. The van der Waals surface area contributed by atoms with E-state index in [0.717, 1.165) is 16.7 Å². The molecular formula is C16H21FN4O. The minimum atomic E-state index is -0.428. The fraction of sp³-hybridized carbons (Fsp3) is 0.375. The summed E-state index contributed by atoms with van der Waals surface area (Å²) in [5.74, 6) is -0.340. The number of nitrogens with zero attached hydrogens (tertiary/aromatic N) is 2. The Morgan fingerprint density at radius 1 is 1.45 bits per heavy atom. The highest BCUT2D eigenvalue weighted by molar-refractivity contribution is 5.83. The number of halogens is 1. The van der Waals surface area contributed by atoms with E-state index < -0.39 is 6.04 Å². The molecular weight excluding hydrogens is 283 g/mol. The van der Waals surface area contributed by atoms with Crippen molar-refractivity contribution in [3.8, 4) is 0 Å². The number of likely N-dealkylation sites (N-methyl/N-ethyl adjacent to an activating group) is 1. The van der Waals surface area contributed by atoms with Crippen molar-refractivity contribution in [2.45, 2.75) is 19.4 Å². The molecule has 1 atom stereocenters. The Balaban J connectivity index is 1.91. The van der Waals surface area contributed by atoms with Gasteiger partial charge in [0, 0.05) is 25.4 Å². The van der Waals surface area contributed by atoms with Crippen LogP contribution in [-0.4, -0.2) is 29.3 Å². The van der Waals surface area contributed by atoms with E-state index in [2.05, 4.69) is 15.7 Å². The zero-order valence-electron chi connectivity index (χ0n) is 13.1. The maximum absolute atomic E-state index is 13.1. The second-order valence-corrected chi connectivity index (χ2v) is 5.28. The van der Waals surface area contributed by atoms with Gasteiger partial charge in [-0.15, -0.1) is 0 Å². The molecule has 0 saturated carbocycles. The molecule has 0 aliphatic heterocycles. The molecule has 0 radical (unpaired) electrons. The molecule has 1 heterocycles. The highest BCUT2D eigenvalue weighted by atomic mass is 19.1. The van der Waals surface area contributed by atoms with Gasteiger partial charge in [0.15, 0.2) is 0 Å². The third-order valence-corrected chi connectivity index (χ3v) is 3.61. The fourth-order valence-corrected chi connectivity index (χ4v) is 2.40. The molecule has 2 rings (SSSR count). The predicted octanol–water partition coefficient (Wildman–Crippen LogP) is 1.49. The van der Waals surface area contributed by atoms with E-state index in [-0.39, 0.29) is 11.7 Å². The van der Waals surface area contributed by atoms with Crippen LogP contribution in [0, 0.1) is 12.7 Å². The van der Waals surface area contributed by atoms with E-state index in [1.165, 1.54) is 12.1 Å². The first-order valence-electron chi connectivity index (χ1n) is 7.20. The summed E-state index contributed by atoms with van der Waals surface area (Å²) in [5.41, 5.74) is 2.75. The number of aromatic nitrogens is 2. The molecule has 0 aliphatic rings. The number of rotatable bonds is 6. The lowest BCUT2D eigenvalue weighted by atomic mass is 10.1. The number of carbonyl (C=O) groups excluding carboxylic acids is 1. The van der Waals surface area contributed by atoms with Gasteiger partial charge in [0.2, 0.25) is 5.91 Å². The SMILES string of the molecule is CNC(C(=O)NCCc1ccc(F)cc1C)c1cnn(C)c1. The molecule has 0 spiro atoms. The summed E-state index contributed by atoms with van der Waals surface area (Å²) in [7, 11) is 3.55. The summed E-state index contributed by atoms with van der Waals surface area (Å²) in [6.07, 6.45) is 4.15. The summed E-state index contributed by atoms with van der Waals surface area (Å²) in [6, 6.07) is 4.27. The zero-order chi connectivity index (χ0) is 16.1. The van der Waals surface area contributed by atoms with E-state index in [1.54, 1.807) is 24.0 Å². The van der Waals surface area contributed by atoms with E-state index in [0.29, 0.717) is 13.0 Å². The summed E-state index contributed by atoms with van der Waals surface area (Å²) in [6.45, 7) is 2.37. The average molecular weight is 304 g/mol. The Morgan fingerprint density at radius 2 is 2.23 bits per heavy atom. The van der Waals surface area contributed by atoms with E-state index in [9.17, 15) is 9.18 Å². The Hall–Kier alpha value is -2.21. The molecule has 2 aromatic rings. The second kappa shape index (κ2) is 7.17. The Labute approximate surface area is 129 Å². The van der Waals surface area contributed by atoms with Crippen molar-refractivity contribution in [3.63, 3.8) is 0 Å². The minimum Gasteiger partial charge on any atom is -0.354 e.